The van der Waals surface area contributed by atoms with Crippen LogP contribution in [0.25, 0.3) is 0 Å². The topological polar surface area (TPSA) is 205 Å². The summed E-state index contributed by atoms with van der Waals surface area (Å²) >= 11 is 9.31. The lowest BCUT2D eigenvalue weighted by molar-refractivity contribution is -0.156. The summed E-state index contributed by atoms with van der Waals surface area (Å²) in [4.78, 5) is 39.0. The number of rotatable bonds is 16. The van der Waals surface area contributed by atoms with Gasteiger partial charge < -0.3 is 49.5 Å². The number of ether oxygens (including phenoxy) is 2. The van der Waals surface area contributed by atoms with Gasteiger partial charge in [0.25, 0.3) is 0 Å². The van der Waals surface area contributed by atoms with Crippen molar-refractivity contribution >= 4 is 82.7 Å². The number of aliphatic carboxylic acids is 1. The van der Waals surface area contributed by atoms with Crippen LogP contribution < -0.4 is 5.32 Å². The smallest absolute Gasteiger partial charge is 0.457 e. The molecule has 310 valence electrons. The quantitative estimate of drug-likeness (QED) is 0.0953. The third kappa shape index (κ3) is 14.0. The van der Waals surface area contributed by atoms with Crippen molar-refractivity contribution in [2.45, 2.75) is 121 Å². The second-order valence-electron chi connectivity index (χ2n) is 15.0. The molecular weight excluding hydrogens is 913 g/mol. The number of esters is 1. The molecule has 3 saturated heterocycles. The highest BCUT2D eigenvalue weighted by Gasteiger charge is 2.57. The summed E-state index contributed by atoms with van der Waals surface area (Å²) in [7, 11) is -0.334. The molecule has 20 heteroatoms. The third-order valence-corrected chi connectivity index (χ3v) is 11.1. The monoisotopic (exact) mass is 968 g/mol. The van der Waals surface area contributed by atoms with Crippen molar-refractivity contribution in [1.82, 2.24) is 10.2 Å². The number of nitrogens with one attached hydrogen (secondary N) is 1. The van der Waals surface area contributed by atoms with Gasteiger partial charge in [-0.1, -0.05) is 43.2 Å². The van der Waals surface area contributed by atoms with Crippen molar-refractivity contribution in [3.05, 3.63) is 35.9 Å². The van der Waals surface area contributed by atoms with Gasteiger partial charge in [-0.25, -0.2) is 9.59 Å². The summed E-state index contributed by atoms with van der Waals surface area (Å²) in [6.45, 7) is 8.77. The van der Waals surface area contributed by atoms with Gasteiger partial charge in [-0.05, 0) is 96.4 Å². The molecule has 4 rings (SSSR count). The first-order valence-corrected chi connectivity index (χ1v) is 21.5. The highest BCUT2D eigenvalue weighted by molar-refractivity contribution is 9.69. The zero-order chi connectivity index (χ0) is 41.5. The van der Waals surface area contributed by atoms with Gasteiger partial charge in [0.15, 0.2) is 0 Å². The van der Waals surface area contributed by atoms with Gasteiger partial charge >= 0.3 is 35.5 Å². The van der Waals surface area contributed by atoms with Crippen molar-refractivity contribution in [2.24, 2.45) is 11.8 Å². The first kappa shape index (κ1) is 49.9. The number of carboxylic acid groups (broad SMARTS) is 1. The van der Waals surface area contributed by atoms with E-state index >= 15 is 0 Å². The van der Waals surface area contributed by atoms with E-state index in [1.165, 1.54) is 12.0 Å². The molecule has 6 N–H and O–H groups in total. The Bertz CT molecular complexity index is 1320. The van der Waals surface area contributed by atoms with Crippen LogP contribution in [0.1, 0.15) is 84.6 Å². The van der Waals surface area contributed by atoms with E-state index in [-0.39, 0.29) is 61.1 Å². The Morgan fingerprint density at radius 1 is 0.945 bits per heavy atom. The molecule has 1 amide bonds. The number of carbonyl (C=O) groups excluding carboxylic acids is 2. The predicted molar refractivity (Wildman–Crippen MR) is 223 cm³/mol. The van der Waals surface area contributed by atoms with Crippen LogP contribution in [-0.4, -0.2) is 121 Å². The van der Waals surface area contributed by atoms with Crippen LogP contribution in [0.3, 0.4) is 0 Å². The molecule has 55 heavy (non-hydrogen) atoms. The number of methoxy groups -OCH3 is 1. The first-order chi connectivity index (χ1) is 25.8. The van der Waals surface area contributed by atoms with Crippen LogP contribution in [0.2, 0.25) is 12.6 Å². The van der Waals surface area contributed by atoms with Crippen LogP contribution in [0.4, 0.5) is 4.79 Å². The lowest BCUT2D eigenvalue weighted by Crippen LogP contribution is -2.57. The van der Waals surface area contributed by atoms with E-state index in [2.05, 4.69) is 52.6 Å². The molecule has 1 aromatic carbocycles. The van der Waals surface area contributed by atoms with Gasteiger partial charge in [-0.2, -0.15) is 0 Å². The van der Waals surface area contributed by atoms with Gasteiger partial charge in [-0.3, -0.25) is 9.69 Å². The minimum atomic E-state index is -1.33. The molecule has 14 nitrogen and oxygen atoms in total. The van der Waals surface area contributed by atoms with Crippen LogP contribution in [-0.2, 0) is 35.0 Å². The van der Waals surface area contributed by atoms with Crippen LogP contribution in [0.15, 0.2) is 30.3 Å². The molecule has 3 aliphatic rings. The zero-order valence-corrected chi connectivity index (χ0v) is 37.3. The molecule has 3 heterocycles. The number of carbonyl (C=O) groups is 3. The minimum Gasteiger partial charge on any atom is -0.480 e. The van der Waals surface area contributed by atoms with Crippen molar-refractivity contribution in [1.29, 1.82) is 0 Å². The fraction of sp³-hybridized carbons (Fsp3) is 0.743. The summed E-state index contributed by atoms with van der Waals surface area (Å²) in [5, 5.41) is 48.6. The summed E-state index contributed by atoms with van der Waals surface area (Å²) < 4.78 is 23.1. The molecule has 3 aliphatic heterocycles. The van der Waals surface area contributed by atoms with E-state index in [0.717, 1.165) is 18.4 Å². The number of hydrogen-bond acceptors (Lipinski definition) is 12. The molecule has 0 spiro atoms. The number of amides is 1. The maximum atomic E-state index is 13.1. The molecule has 0 bridgehead atoms. The minimum absolute atomic E-state index is 0.0640. The van der Waals surface area contributed by atoms with Crippen LogP contribution in [0.5, 0.6) is 0 Å². The maximum Gasteiger partial charge on any atom is 0.457 e. The fourth-order valence-corrected chi connectivity index (χ4v) is 7.68. The van der Waals surface area contributed by atoms with Gasteiger partial charge in [0, 0.05) is 26.2 Å². The first-order valence-electron chi connectivity index (χ1n) is 18.7. The lowest BCUT2D eigenvalue weighted by atomic mass is 9.75. The van der Waals surface area contributed by atoms with E-state index in [1.807, 2.05) is 58.0 Å². The van der Waals surface area contributed by atoms with Gasteiger partial charge in [0.05, 0.1) is 18.3 Å². The fourth-order valence-electron chi connectivity index (χ4n) is 7.68. The number of likely N-dealkylation sites (tertiary alicyclic amines) is 1. The van der Waals surface area contributed by atoms with Gasteiger partial charge in [0.2, 0.25) is 0 Å². The van der Waals surface area contributed by atoms with Gasteiger partial charge in [-0.15, -0.1) is 47.3 Å². The number of aliphatic hydroxyl groups excluding tert-OH is 2. The number of hydrogen-bond donors (Lipinski definition) is 6. The number of carboxylic acids is 1. The summed E-state index contributed by atoms with van der Waals surface area (Å²) in [5.41, 5.74) is -2.23. The van der Waals surface area contributed by atoms with E-state index in [4.69, 9.17) is 33.9 Å². The second-order valence-corrected chi connectivity index (χ2v) is 21.4. The van der Waals surface area contributed by atoms with Gasteiger partial charge in [0.1, 0.15) is 17.7 Å². The average Bonchev–Trinajstić information content (AvgIpc) is 3.75. The Balaban J connectivity index is 0.000000414. The Morgan fingerprint density at radius 2 is 1.53 bits per heavy atom. The SMILES string of the molecule is BrB(Br)Br.COC(=O)[C@]1(CCO)[C@H](CCCB2OC(C)(C)C(C)(C)O2)CCN1C(=O)OCc1ccccc1.O=C(O)[C@@]1(CCO)NCC[C@H]1CCCB(O)O. The Hall–Kier alpha value is -1.22. The van der Waals surface area contributed by atoms with E-state index in [1.54, 1.807) is 0 Å². The normalized spacial score (nSPS) is 24.9. The molecule has 0 aliphatic carbocycles. The predicted octanol–water partition coefficient (Wildman–Crippen LogP) is 5.02. The number of halogens is 3. The Morgan fingerprint density at radius 3 is 2.05 bits per heavy atom. The number of nitrogens with zero attached hydrogens (tertiary/aromatic N) is 1. The van der Waals surface area contributed by atoms with Crippen molar-refractivity contribution in [3.8, 4) is 0 Å². The van der Waals surface area contributed by atoms with Crippen molar-refractivity contribution in [3.63, 3.8) is 0 Å². The molecule has 3 fully saturated rings. The lowest BCUT2D eigenvalue weighted by Gasteiger charge is -2.39. The third-order valence-electron chi connectivity index (χ3n) is 11.1. The van der Waals surface area contributed by atoms with Crippen LogP contribution >= 0.6 is 47.3 Å². The average molecular weight is 971 g/mol. The molecule has 1 aromatic rings. The van der Waals surface area contributed by atoms with E-state index in [0.29, 0.717) is 45.1 Å². The molecule has 0 saturated carbocycles. The second kappa shape index (κ2) is 23.4. The molecule has 0 radical (unpaired) electrons. The van der Waals surface area contributed by atoms with E-state index in [9.17, 15) is 24.6 Å². The molecule has 0 unspecified atom stereocenters. The standard InChI is InChI=1S/C25H38BNO7.C10H20BNO5.BBr3/c1-23(2)24(3,4)34-26(33-23)15-9-12-20-13-16-27(25(20,14-17-28)21(29)31-5)22(30)32-18-19-10-7-6-8-11-19;13-7-4-10(9(14)15)8(3-6-12-10)2-1-5-11(16)17;2-1(3)4/h6-8,10-11,20,28H,9,12-18H2,1-5H3;8,12-13,16-17H,1-7H2,(H,14,15);/t20-,25+;8-,10+;/m11./s1. The summed E-state index contributed by atoms with van der Waals surface area (Å²) in [6.07, 6.45) is 4.63. The highest BCUT2D eigenvalue weighted by Crippen LogP contribution is 2.44. The molecular formula is C35H58B3Br3N2O12. The highest BCUT2D eigenvalue weighted by atomic mass is 79.9. The number of aliphatic hydroxyl groups is 2. The summed E-state index contributed by atoms with van der Waals surface area (Å²) in [6, 6.07) is 9.39. The van der Waals surface area contributed by atoms with Crippen LogP contribution in [0, 0.1) is 11.8 Å². The van der Waals surface area contributed by atoms with Crippen molar-refractivity contribution in [2.75, 3.05) is 33.4 Å². The molecule has 4 atom stereocenters. The maximum absolute atomic E-state index is 13.1. The largest absolute Gasteiger partial charge is 0.480 e. The molecule has 0 aromatic heterocycles. The Kier molecular flexibility index (Phi) is 21.2. The number of benzene rings is 1. The zero-order valence-electron chi connectivity index (χ0n) is 32.6. The van der Waals surface area contributed by atoms with Crippen molar-refractivity contribution < 1.29 is 58.5 Å². The Labute approximate surface area is 351 Å². The summed E-state index contributed by atoms with van der Waals surface area (Å²) in [5.74, 6) is -1.68. The van der Waals surface area contributed by atoms with E-state index < -0.39 is 47.4 Å².